The van der Waals surface area contributed by atoms with Crippen LogP contribution < -0.4 is 0 Å². The Balaban J connectivity index is 4.17. The van der Waals surface area contributed by atoms with Gasteiger partial charge in [-0.2, -0.15) is 0 Å². The second-order valence-electron chi connectivity index (χ2n) is 20.0. The van der Waals surface area contributed by atoms with Gasteiger partial charge in [0.2, 0.25) is 0 Å². The third kappa shape index (κ3) is 51.6. The molecule has 0 aromatic carbocycles. The number of unbranched alkanes of at least 4 members (excludes halogenated alkanes) is 31. The lowest BCUT2D eigenvalue weighted by Gasteiger charge is -2.24. The van der Waals surface area contributed by atoms with E-state index in [0.717, 1.165) is 38.5 Å². The summed E-state index contributed by atoms with van der Waals surface area (Å²) >= 11 is 0. The minimum absolute atomic E-state index is 0.0317. The number of carbonyl (C=O) groups excluding carboxylic acids is 2. The molecular formula is C56H107NO8P+. The minimum Gasteiger partial charge on any atom is -0.462 e. The zero-order chi connectivity index (χ0) is 48.5. The zero-order valence-corrected chi connectivity index (χ0v) is 44.8. The molecule has 0 aliphatic rings. The maximum Gasteiger partial charge on any atom is 0.472 e. The third-order valence-corrected chi connectivity index (χ3v) is 13.1. The van der Waals surface area contributed by atoms with Crippen LogP contribution in [0, 0.1) is 0 Å². The summed E-state index contributed by atoms with van der Waals surface area (Å²) in [6, 6.07) is 0. The second-order valence-corrected chi connectivity index (χ2v) is 21.4. The topological polar surface area (TPSA) is 108 Å². The number of quaternary nitrogens is 1. The standard InChI is InChI=1S/C56H106NO8P/c1-6-8-10-12-14-16-18-20-22-24-25-26-27-28-29-30-31-33-35-37-39-41-43-45-47-49-56(59)65-54(53-64-66(60,61)63-51-50-57(3,4)5)52-62-55(58)48-46-44-42-40-38-36-34-32-23-21-19-17-15-13-11-9-7-2/h18,20-21,23-25,54H,6-17,19,22,26-53H2,1-5H3/p+1/b20-18-,23-21-,25-24-. The van der Waals surface area contributed by atoms with Gasteiger partial charge in [0.05, 0.1) is 27.7 Å². The van der Waals surface area contributed by atoms with E-state index in [9.17, 15) is 19.0 Å². The molecule has 0 saturated heterocycles. The monoisotopic (exact) mass is 953 g/mol. The van der Waals surface area contributed by atoms with Crippen LogP contribution in [0.25, 0.3) is 0 Å². The van der Waals surface area contributed by atoms with Crippen molar-refractivity contribution in [3.8, 4) is 0 Å². The summed E-state index contributed by atoms with van der Waals surface area (Å²) in [5.41, 5.74) is 0. The number of hydrogen-bond donors (Lipinski definition) is 1. The Labute approximate surface area is 408 Å². The highest BCUT2D eigenvalue weighted by Crippen LogP contribution is 2.43. The summed E-state index contributed by atoms with van der Waals surface area (Å²) in [7, 11) is 1.48. The van der Waals surface area contributed by atoms with Crippen LogP contribution in [0.15, 0.2) is 36.5 Å². The summed E-state index contributed by atoms with van der Waals surface area (Å²) in [6.45, 7) is 4.44. The molecule has 388 valence electrons. The van der Waals surface area contributed by atoms with Crippen LogP contribution in [0.5, 0.6) is 0 Å². The Morgan fingerprint density at radius 3 is 1.21 bits per heavy atom. The molecular weight excluding hydrogens is 846 g/mol. The molecule has 9 nitrogen and oxygen atoms in total. The zero-order valence-electron chi connectivity index (χ0n) is 43.9. The van der Waals surface area contributed by atoms with Gasteiger partial charge in [-0.25, -0.2) is 4.57 Å². The maximum atomic E-state index is 12.8. The number of nitrogens with zero attached hydrogens (tertiary/aromatic N) is 1. The van der Waals surface area contributed by atoms with E-state index < -0.39 is 26.5 Å². The molecule has 0 heterocycles. The highest BCUT2D eigenvalue weighted by Gasteiger charge is 2.27. The van der Waals surface area contributed by atoms with Gasteiger partial charge in [-0.3, -0.25) is 18.6 Å². The van der Waals surface area contributed by atoms with E-state index in [1.807, 2.05) is 21.1 Å². The van der Waals surface area contributed by atoms with Crippen LogP contribution in [0.2, 0.25) is 0 Å². The fourth-order valence-corrected chi connectivity index (χ4v) is 8.55. The van der Waals surface area contributed by atoms with E-state index in [0.29, 0.717) is 17.4 Å². The molecule has 0 amide bonds. The van der Waals surface area contributed by atoms with Gasteiger partial charge in [0.25, 0.3) is 0 Å². The number of hydrogen-bond acceptors (Lipinski definition) is 7. The maximum absolute atomic E-state index is 12.8. The molecule has 0 saturated carbocycles. The van der Waals surface area contributed by atoms with Crippen molar-refractivity contribution in [2.45, 2.75) is 264 Å². The number of carbonyl (C=O) groups is 2. The van der Waals surface area contributed by atoms with Gasteiger partial charge in [0, 0.05) is 12.8 Å². The van der Waals surface area contributed by atoms with E-state index in [-0.39, 0.29) is 32.0 Å². The van der Waals surface area contributed by atoms with Gasteiger partial charge in [-0.05, 0) is 70.6 Å². The molecule has 2 atom stereocenters. The molecule has 1 N–H and O–H groups in total. The van der Waals surface area contributed by atoms with Crippen LogP contribution in [0.1, 0.15) is 258 Å². The summed E-state index contributed by atoms with van der Waals surface area (Å²) in [4.78, 5) is 35.6. The van der Waals surface area contributed by atoms with Gasteiger partial charge in [0.15, 0.2) is 6.10 Å². The molecule has 0 spiro atoms. The Hall–Kier alpha value is -1.77. The Bertz CT molecular complexity index is 1210. The highest BCUT2D eigenvalue weighted by molar-refractivity contribution is 7.47. The quantitative estimate of drug-likeness (QED) is 0.0211. The van der Waals surface area contributed by atoms with Gasteiger partial charge < -0.3 is 18.9 Å². The lowest BCUT2D eigenvalue weighted by molar-refractivity contribution is -0.870. The van der Waals surface area contributed by atoms with E-state index in [4.69, 9.17) is 18.5 Å². The van der Waals surface area contributed by atoms with Gasteiger partial charge in [-0.15, -0.1) is 0 Å². The molecule has 0 aliphatic carbocycles. The Morgan fingerprint density at radius 1 is 0.470 bits per heavy atom. The average molecular weight is 953 g/mol. The normalized spacial score (nSPS) is 13.6. The third-order valence-electron chi connectivity index (χ3n) is 12.1. The number of phosphoric ester groups is 1. The number of ether oxygens (including phenoxy) is 2. The van der Waals surface area contributed by atoms with E-state index in [1.54, 1.807) is 0 Å². The van der Waals surface area contributed by atoms with Crippen molar-refractivity contribution < 1.29 is 42.1 Å². The predicted molar refractivity (Wildman–Crippen MR) is 280 cm³/mol. The van der Waals surface area contributed by atoms with Gasteiger partial charge >= 0.3 is 19.8 Å². The fraction of sp³-hybridized carbons (Fsp3) is 0.857. The van der Waals surface area contributed by atoms with Crippen molar-refractivity contribution in [3.05, 3.63) is 36.5 Å². The van der Waals surface area contributed by atoms with Crippen LogP contribution in [0.4, 0.5) is 0 Å². The molecule has 0 aliphatic heterocycles. The minimum atomic E-state index is -4.38. The lowest BCUT2D eigenvalue weighted by Crippen LogP contribution is -2.37. The molecule has 0 aromatic heterocycles. The Kier molecular flexibility index (Phi) is 47.0. The van der Waals surface area contributed by atoms with Gasteiger partial charge in [0.1, 0.15) is 19.8 Å². The molecule has 10 heteroatoms. The number of likely N-dealkylation sites (N-methyl/N-ethyl adjacent to an activating group) is 1. The molecule has 0 bridgehead atoms. The molecule has 0 radical (unpaired) electrons. The van der Waals surface area contributed by atoms with Crippen molar-refractivity contribution in [1.29, 1.82) is 0 Å². The average Bonchev–Trinajstić information content (AvgIpc) is 3.27. The smallest absolute Gasteiger partial charge is 0.462 e. The summed E-state index contributed by atoms with van der Waals surface area (Å²) in [5, 5.41) is 0. The van der Waals surface area contributed by atoms with Crippen molar-refractivity contribution in [2.75, 3.05) is 47.5 Å². The fourth-order valence-electron chi connectivity index (χ4n) is 7.81. The molecule has 2 unspecified atom stereocenters. The number of phosphoric acid groups is 1. The molecule has 0 rings (SSSR count). The highest BCUT2D eigenvalue weighted by atomic mass is 31.2. The first-order chi connectivity index (χ1) is 32.0. The molecule has 66 heavy (non-hydrogen) atoms. The summed E-state index contributed by atoms with van der Waals surface area (Å²) in [6.07, 6.45) is 57.7. The van der Waals surface area contributed by atoms with Crippen LogP contribution in [-0.4, -0.2) is 74.9 Å². The van der Waals surface area contributed by atoms with Crippen molar-refractivity contribution in [1.82, 2.24) is 0 Å². The number of esters is 2. The van der Waals surface area contributed by atoms with Crippen LogP contribution >= 0.6 is 7.82 Å². The lowest BCUT2D eigenvalue weighted by atomic mass is 10.0. The van der Waals surface area contributed by atoms with Gasteiger partial charge in [-0.1, -0.05) is 211 Å². The first-order valence-electron chi connectivity index (χ1n) is 27.7. The van der Waals surface area contributed by atoms with Crippen LogP contribution in [-0.2, 0) is 32.7 Å². The van der Waals surface area contributed by atoms with E-state index in [1.165, 1.54) is 186 Å². The number of rotatable bonds is 51. The van der Waals surface area contributed by atoms with Crippen molar-refractivity contribution in [3.63, 3.8) is 0 Å². The van der Waals surface area contributed by atoms with Crippen molar-refractivity contribution in [2.24, 2.45) is 0 Å². The second kappa shape index (κ2) is 48.3. The largest absolute Gasteiger partial charge is 0.472 e. The first kappa shape index (κ1) is 64.2. The SMILES string of the molecule is CCCCCCC/C=C\C/C=C\CCCCCCCCCCCCCCCC(=O)OC(COC(=O)CCCCCCCCC/C=C\CCCCCCCC)COP(=O)(O)OCC[N+](C)(C)C. The predicted octanol–water partition coefficient (Wildman–Crippen LogP) is 16.8. The Morgan fingerprint density at radius 2 is 0.818 bits per heavy atom. The van der Waals surface area contributed by atoms with E-state index >= 15 is 0 Å². The van der Waals surface area contributed by atoms with E-state index in [2.05, 4.69) is 50.3 Å². The summed E-state index contributed by atoms with van der Waals surface area (Å²) < 4.78 is 34.5. The van der Waals surface area contributed by atoms with Crippen LogP contribution in [0.3, 0.4) is 0 Å². The summed E-state index contributed by atoms with van der Waals surface area (Å²) in [5.74, 6) is -0.794. The number of allylic oxidation sites excluding steroid dienone is 6. The first-order valence-corrected chi connectivity index (χ1v) is 29.2. The molecule has 0 fully saturated rings. The molecule has 0 aromatic rings. The van der Waals surface area contributed by atoms with Crippen molar-refractivity contribution >= 4 is 19.8 Å².